The zero-order chi connectivity index (χ0) is 22.0. The minimum absolute atomic E-state index is 0.0194. The lowest BCUT2D eigenvalue weighted by molar-refractivity contribution is -0.142. The van der Waals surface area contributed by atoms with Crippen LogP contribution in [-0.2, 0) is 6.18 Å². The minimum Gasteiger partial charge on any atom is -0.307 e. The van der Waals surface area contributed by atoms with Gasteiger partial charge in [-0.2, -0.15) is 22.7 Å². The third kappa shape index (κ3) is 4.39. The van der Waals surface area contributed by atoms with Crippen LogP contribution in [0, 0.1) is 5.95 Å². The molecule has 7 nitrogen and oxygen atoms in total. The van der Waals surface area contributed by atoms with Crippen molar-refractivity contribution in [2.45, 2.75) is 6.18 Å². The summed E-state index contributed by atoms with van der Waals surface area (Å²) < 4.78 is 54.5. The second-order valence-electron chi connectivity index (χ2n) is 6.29. The zero-order valence-corrected chi connectivity index (χ0v) is 15.5. The predicted molar refractivity (Wildman–Crippen MR) is 102 cm³/mol. The molecule has 1 N–H and O–H groups in total. The van der Waals surface area contributed by atoms with Gasteiger partial charge in [0.25, 0.3) is 5.91 Å². The molecule has 11 heteroatoms. The molecule has 156 valence electrons. The predicted octanol–water partition coefficient (Wildman–Crippen LogP) is 4.13. The Kier molecular flexibility index (Phi) is 5.15. The normalized spacial score (nSPS) is 11.4. The maximum atomic E-state index is 13.5. The number of aromatic nitrogens is 5. The van der Waals surface area contributed by atoms with E-state index < -0.39 is 23.7 Å². The molecule has 1 amide bonds. The summed E-state index contributed by atoms with van der Waals surface area (Å²) in [7, 11) is 0. The molecule has 0 radical (unpaired) electrons. The summed E-state index contributed by atoms with van der Waals surface area (Å²) in [6.45, 7) is 0. The van der Waals surface area contributed by atoms with Crippen LogP contribution in [0.5, 0.6) is 0 Å². The molecule has 0 fully saturated rings. The van der Waals surface area contributed by atoms with Gasteiger partial charge in [0.15, 0.2) is 0 Å². The van der Waals surface area contributed by atoms with E-state index in [4.69, 9.17) is 0 Å². The van der Waals surface area contributed by atoms with E-state index in [1.165, 1.54) is 30.6 Å². The first-order valence-corrected chi connectivity index (χ1v) is 8.78. The largest absolute Gasteiger partial charge is 0.433 e. The van der Waals surface area contributed by atoms with Crippen LogP contribution >= 0.6 is 0 Å². The molecule has 0 aliphatic rings. The molecule has 0 unspecified atom stereocenters. The van der Waals surface area contributed by atoms with Gasteiger partial charge < -0.3 is 5.32 Å². The van der Waals surface area contributed by atoms with E-state index in [1.807, 2.05) is 0 Å². The van der Waals surface area contributed by atoms with Gasteiger partial charge in [-0.3, -0.25) is 9.78 Å². The average Bonchev–Trinajstić information content (AvgIpc) is 3.21. The van der Waals surface area contributed by atoms with Gasteiger partial charge in [0, 0.05) is 35.8 Å². The number of hydrogen-bond acceptors (Lipinski definition) is 5. The van der Waals surface area contributed by atoms with Gasteiger partial charge in [-0.15, -0.1) is 0 Å². The quantitative estimate of drug-likeness (QED) is 0.390. The fraction of sp³-hybridized carbons (Fsp3) is 0.0500. The minimum atomic E-state index is -4.66. The van der Waals surface area contributed by atoms with Crippen LogP contribution in [0.4, 0.5) is 23.4 Å². The van der Waals surface area contributed by atoms with Crippen LogP contribution in [-0.4, -0.2) is 30.6 Å². The fourth-order valence-electron chi connectivity index (χ4n) is 2.75. The number of carbonyl (C=O) groups excluding carboxylic acids is 1. The molecule has 0 atom stereocenters. The standard InChI is InChI=1S/C20H12F4N6O/c21-17-8-12(5-7-26-17)19(31)28-18-4-3-14(11-27-18)30-16(20(22,23)24)9-15(29-30)13-2-1-6-25-10-13/h1-11H,(H,27,28,31). The third-order valence-electron chi connectivity index (χ3n) is 4.18. The van der Waals surface area contributed by atoms with Crippen LogP contribution in [0.25, 0.3) is 16.9 Å². The van der Waals surface area contributed by atoms with E-state index in [9.17, 15) is 22.4 Å². The summed E-state index contributed by atoms with van der Waals surface area (Å²) in [5, 5.41) is 6.48. The molecule has 4 heterocycles. The molecule has 0 saturated carbocycles. The first-order valence-electron chi connectivity index (χ1n) is 8.78. The summed E-state index contributed by atoms with van der Waals surface area (Å²) in [4.78, 5) is 23.4. The van der Waals surface area contributed by atoms with Crippen LogP contribution in [0.1, 0.15) is 16.1 Å². The van der Waals surface area contributed by atoms with E-state index in [1.54, 1.807) is 12.1 Å². The number of nitrogens with one attached hydrogen (secondary N) is 1. The second kappa shape index (κ2) is 7.94. The SMILES string of the molecule is O=C(Nc1ccc(-n2nc(-c3cccnc3)cc2C(F)(F)F)cn1)c1ccnc(F)c1. The van der Waals surface area contributed by atoms with E-state index in [2.05, 4.69) is 25.4 Å². The van der Waals surface area contributed by atoms with Gasteiger partial charge >= 0.3 is 6.18 Å². The van der Waals surface area contributed by atoms with Crippen LogP contribution < -0.4 is 5.32 Å². The molecule has 0 aliphatic carbocycles. The molecule has 0 bridgehead atoms. The van der Waals surface area contributed by atoms with Gasteiger partial charge in [0.1, 0.15) is 11.5 Å². The van der Waals surface area contributed by atoms with Crippen LogP contribution in [0.2, 0.25) is 0 Å². The van der Waals surface area contributed by atoms with Gasteiger partial charge in [-0.25, -0.2) is 14.6 Å². The number of alkyl halides is 3. The molecule has 0 aromatic carbocycles. The molecule has 4 rings (SSSR count). The van der Waals surface area contributed by atoms with Crippen molar-refractivity contribution in [2.75, 3.05) is 5.32 Å². The second-order valence-corrected chi connectivity index (χ2v) is 6.29. The highest BCUT2D eigenvalue weighted by atomic mass is 19.4. The lowest BCUT2D eigenvalue weighted by Crippen LogP contribution is -2.15. The van der Waals surface area contributed by atoms with Gasteiger partial charge in [0.05, 0.1) is 17.6 Å². The fourth-order valence-corrected chi connectivity index (χ4v) is 2.75. The Morgan fingerprint density at radius 2 is 1.84 bits per heavy atom. The Balaban J connectivity index is 1.63. The van der Waals surface area contributed by atoms with Crippen LogP contribution in [0.3, 0.4) is 0 Å². The lowest BCUT2D eigenvalue weighted by atomic mass is 10.2. The topological polar surface area (TPSA) is 85.6 Å². The highest BCUT2D eigenvalue weighted by Crippen LogP contribution is 2.33. The van der Waals surface area contributed by atoms with E-state index in [-0.39, 0.29) is 22.8 Å². The Labute approximate surface area is 172 Å². The number of nitrogens with zero attached hydrogens (tertiary/aromatic N) is 5. The van der Waals surface area contributed by atoms with Crippen molar-refractivity contribution in [3.05, 3.63) is 84.5 Å². The molecular weight excluding hydrogens is 416 g/mol. The van der Waals surface area contributed by atoms with Crippen molar-refractivity contribution < 1.29 is 22.4 Å². The number of carbonyl (C=O) groups is 1. The average molecular weight is 428 g/mol. The van der Waals surface area contributed by atoms with E-state index in [0.29, 0.717) is 5.56 Å². The maximum absolute atomic E-state index is 13.5. The third-order valence-corrected chi connectivity index (χ3v) is 4.18. The molecule has 4 aromatic heterocycles. The monoisotopic (exact) mass is 428 g/mol. The number of pyridine rings is 3. The molecular formula is C20H12F4N6O. The molecule has 0 aliphatic heterocycles. The summed E-state index contributed by atoms with van der Waals surface area (Å²) >= 11 is 0. The van der Waals surface area contributed by atoms with Crippen molar-refractivity contribution in [1.82, 2.24) is 24.7 Å². The van der Waals surface area contributed by atoms with Crippen molar-refractivity contribution in [2.24, 2.45) is 0 Å². The van der Waals surface area contributed by atoms with Crippen molar-refractivity contribution in [3.63, 3.8) is 0 Å². The Hall–Kier alpha value is -4.15. The Morgan fingerprint density at radius 1 is 1.00 bits per heavy atom. The summed E-state index contributed by atoms with van der Waals surface area (Å²) in [6, 6.07) is 9.01. The van der Waals surface area contributed by atoms with Crippen molar-refractivity contribution in [3.8, 4) is 16.9 Å². The van der Waals surface area contributed by atoms with E-state index in [0.717, 1.165) is 29.2 Å². The van der Waals surface area contributed by atoms with Gasteiger partial charge in [-0.05, 0) is 36.4 Å². The summed E-state index contributed by atoms with van der Waals surface area (Å²) in [5.41, 5.74) is -0.413. The smallest absolute Gasteiger partial charge is 0.307 e. The maximum Gasteiger partial charge on any atom is 0.433 e. The highest BCUT2D eigenvalue weighted by molar-refractivity contribution is 6.03. The van der Waals surface area contributed by atoms with E-state index >= 15 is 0 Å². The lowest BCUT2D eigenvalue weighted by Gasteiger charge is -2.10. The number of anilines is 1. The van der Waals surface area contributed by atoms with Crippen molar-refractivity contribution >= 4 is 11.7 Å². The highest BCUT2D eigenvalue weighted by Gasteiger charge is 2.36. The summed E-state index contributed by atoms with van der Waals surface area (Å²) in [6.07, 6.45) is 0.523. The Bertz CT molecular complexity index is 1220. The molecule has 31 heavy (non-hydrogen) atoms. The van der Waals surface area contributed by atoms with Crippen LogP contribution in [0.15, 0.2) is 67.3 Å². The summed E-state index contributed by atoms with van der Waals surface area (Å²) in [5.74, 6) is -1.40. The number of rotatable bonds is 4. The number of halogens is 4. The van der Waals surface area contributed by atoms with Crippen molar-refractivity contribution in [1.29, 1.82) is 0 Å². The zero-order valence-electron chi connectivity index (χ0n) is 15.5. The molecule has 0 saturated heterocycles. The first-order chi connectivity index (χ1) is 14.8. The first kappa shape index (κ1) is 20.1. The van der Waals surface area contributed by atoms with Gasteiger partial charge in [-0.1, -0.05) is 0 Å². The van der Waals surface area contributed by atoms with Gasteiger partial charge in [0.2, 0.25) is 5.95 Å². The number of amides is 1. The number of hydrogen-bond donors (Lipinski definition) is 1. The molecule has 0 spiro atoms. The molecule has 4 aromatic rings. The Morgan fingerprint density at radius 3 is 2.48 bits per heavy atom.